The van der Waals surface area contributed by atoms with E-state index in [4.69, 9.17) is 14.2 Å². The average Bonchev–Trinajstić information content (AvgIpc) is 2.60. The summed E-state index contributed by atoms with van der Waals surface area (Å²) in [6.07, 6.45) is 4.29. The molecule has 1 aliphatic heterocycles. The molecule has 0 spiro atoms. The third-order valence-electron chi connectivity index (χ3n) is 3.99. The van der Waals surface area contributed by atoms with Crippen molar-refractivity contribution >= 4 is 11.7 Å². The minimum absolute atomic E-state index is 0.307. The Labute approximate surface area is 138 Å². The molecule has 0 bridgehead atoms. The van der Waals surface area contributed by atoms with Crippen LogP contribution in [-0.4, -0.2) is 45.5 Å². The molecule has 1 aromatic carbocycles. The van der Waals surface area contributed by atoms with Crippen LogP contribution in [0.2, 0.25) is 0 Å². The molecular formula is C18H27NO4. The Morgan fingerprint density at radius 1 is 1.35 bits per heavy atom. The summed E-state index contributed by atoms with van der Waals surface area (Å²) in [5.41, 5.74) is 2.77. The van der Waals surface area contributed by atoms with E-state index in [1.165, 1.54) is 12.7 Å². The van der Waals surface area contributed by atoms with Crippen LogP contribution in [0.1, 0.15) is 42.1 Å². The van der Waals surface area contributed by atoms with Gasteiger partial charge in [-0.1, -0.05) is 19.4 Å². The van der Waals surface area contributed by atoms with Crippen molar-refractivity contribution in [2.45, 2.75) is 38.7 Å². The van der Waals surface area contributed by atoms with Crippen LogP contribution in [0.3, 0.4) is 0 Å². The number of aryl methyl sites for hydroxylation is 1. The van der Waals surface area contributed by atoms with Crippen molar-refractivity contribution < 1.29 is 19.0 Å². The molecule has 1 saturated heterocycles. The molecule has 1 heterocycles. The number of carbonyl (C=O) groups is 1. The van der Waals surface area contributed by atoms with Gasteiger partial charge in [-0.05, 0) is 37.0 Å². The fourth-order valence-corrected chi connectivity index (χ4v) is 2.73. The lowest BCUT2D eigenvalue weighted by atomic mass is 10.0. The number of hydrogen-bond acceptors (Lipinski definition) is 5. The van der Waals surface area contributed by atoms with Crippen molar-refractivity contribution in [2.75, 3.05) is 38.8 Å². The molecule has 1 aliphatic rings. The van der Waals surface area contributed by atoms with Gasteiger partial charge < -0.3 is 19.5 Å². The van der Waals surface area contributed by atoms with Gasteiger partial charge in [0.2, 0.25) is 0 Å². The molecule has 2 rings (SSSR count). The van der Waals surface area contributed by atoms with Gasteiger partial charge in [-0.2, -0.15) is 0 Å². The van der Waals surface area contributed by atoms with Gasteiger partial charge in [0.05, 0.1) is 25.4 Å². The molecule has 0 radical (unpaired) electrons. The molecule has 23 heavy (non-hydrogen) atoms. The van der Waals surface area contributed by atoms with Crippen molar-refractivity contribution in [1.29, 1.82) is 0 Å². The minimum atomic E-state index is -0.311. The first-order valence-corrected chi connectivity index (χ1v) is 8.39. The average molecular weight is 321 g/mol. The predicted molar refractivity (Wildman–Crippen MR) is 90.1 cm³/mol. The normalized spacial score (nSPS) is 15.4. The molecule has 1 aromatic rings. The van der Waals surface area contributed by atoms with Crippen LogP contribution in [0.4, 0.5) is 5.69 Å². The van der Waals surface area contributed by atoms with E-state index in [9.17, 15) is 4.79 Å². The van der Waals surface area contributed by atoms with Crippen LogP contribution >= 0.6 is 0 Å². The maximum Gasteiger partial charge on any atom is 0.337 e. The van der Waals surface area contributed by atoms with E-state index in [1.807, 2.05) is 18.2 Å². The molecule has 1 fully saturated rings. The lowest BCUT2D eigenvalue weighted by Gasteiger charge is -2.22. The molecule has 5 nitrogen and oxygen atoms in total. The summed E-state index contributed by atoms with van der Waals surface area (Å²) < 4.78 is 16.0. The van der Waals surface area contributed by atoms with Gasteiger partial charge in [0.25, 0.3) is 0 Å². The lowest BCUT2D eigenvalue weighted by molar-refractivity contribution is -0.0283. The van der Waals surface area contributed by atoms with E-state index in [0.717, 1.165) is 51.1 Å². The summed E-state index contributed by atoms with van der Waals surface area (Å²) in [6.45, 7) is 5.10. The van der Waals surface area contributed by atoms with Crippen molar-refractivity contribution in [3.05, 3.63) is 29.3 Å². The lowest BCUT2D eigenvalue weighted by Crippen LogP contribution is -2.25. The molecule has 5 heteroatoms. The summed E-state index contributed by atoms with van der Waals surface area (Å²) in [6, 6.07) is 5.68. The molecule has 0 aliphatic carbocycles. The van der Waals surface area contributed by atoms with Gasteiger partial charge >= 0.3 is 5.97 Å². The van der Waals surface area contributed by atoms with Gasteiger partial charge in [0.15, 0.2) is 0 Å². The predicted octanol–water partition coefficient (Wildman–Crippen LogP) is 3.03. The van der Waals surface area contributed by atoms with E-state index in [-0.39, 0.29) is 5.97 Å². The van der Waals surface area contributed by atoms with Gasteiger partial charge in [-0.3, -0.25) is 0 Å². The second kappa shape index (κ2) is 9.53. The quantitative estimate of drug-likeness (QED) is 0.589. The number of benzene rings is 1. The number of nitrogens with one attached hydrogen (secondary N) is 1. The number of anilines is 1. The second-order valence-corrected chi connectivity index (χ2v) is 5.72. The fraction of sp³-hybridized carbons (Fsp3) is 0.611. The van der Waals surface area contributed by atoms with Crippen LogP contribution in [0, 0.1) is 0 Å². The van der Waals surface area contributed by atoms with Crippen molar-refractivity contribution in [1.82, 2.24) is 0 Å². The molecule has 1 N–H and O–H groups in total. The minimum Gasteiger partial charge on any atom is -0.465 e. The van der Waals surface area contributed by atoms with E-state index in [2.05, 4.69) is 12.2 Å². The molecule has 0 atom stereocenters. The Morgan fingerprint density at radius 3 is 2.83 bits per heavy atom. The first kappa shape index (κ1) is 17.8. The van der Waals surface area contributed by atoms with Crippen molar-refractivity contribution in [2.24, 2.45) is 0 Å². The van der Waals surface area contributed by atoms with Gasteiger partial charge in [-0.15, -0.1) is 0 Å². The standard InChI is InChI=1S/C18H27NO4/c1-3-4-14-5-6-15(18(20)21-2)13-17(14)19-9-12-23-16-7-10-22-11-8-16/h5-6,13,16,19H,3-4,7-12H2,1-2H3. The Hall–Kier alpha value is -1.59. The molecule has 0 amide bonds. The number of rotatable bonds is 8. The number of carbonyl (C=O) groups excluding carboxylic acids is 1. The zero-order valence-electron chi connectivity index (χ0n) is 14.1. The highest BCUT2D eigenvalue weighted by molar-refractivity contribution is 5.90. The van der Waals surface area contributed by atoms with Gasteiger partial charge in [0, 0.05) is 25.4 Å². The van der Waals surface area contributed by atoms with Gasteiger partial charge in [-0.25, -0.2) is 4.79 Å². The molecular weight excluding hydrogens is 294 g/mol. The summed E-state index contributed by atoms with van der Waals surface area (Å²) in [5, 5.41) is 3.39. The van der Waals surface area contributed by atoms with Crippen LogP contribution < -0.4 is 5.32 Å². The number of hydrogen-bond donors (Lipinski definition) is 1. The van der Waals surface area contributed by atoms with Crippen molar-refractivity contribution in [3.63, 3.8) is 0 Å². The number of esters is 1. The third-order valence-corrected chi connectivity index (χ3v) is 3.99. The Bertz CT molecular complexity index is 498. The largest absolute Gasteiger partial charge is 0.465 e. The number of methoxy groups -OCH3 is 1. The first-order valence-electron chi connectivity index (χ1n) is 8.39. The zero-order chi connectivity index (χ0) is 16.5. The SMILES string of the molecule is CCCc1ccc(C(=O)OC)cc1NCCOC1CCOCC1. The highest BCUT2D eigenvalue weighted by atomic mass is 16.5. The molecule has 0 aromatic heterocycles. The van der Waals surface area contributed by atoms with E-state index in [0.29, 0.717) is 18.3 Å². The maximum atomic E-state index is 11.7. The van der Waals surface area contributed by atoms with Gasteiger partial charge in [0.1, 0.15) is 0 Å². The highest BCUT2D eigenvalue weighted by Gasteiger charge is 2.14. The van der Waals surface area contributed by atoms with Crippen LogP contribution in [0.5, 0.6) is 0 Å². The Kier molecular flexibility index (Phi) is 7.36. The Morgan fingerprint density at radius 2 is 2.13 bits per heavy atom. The summed E-state index contributed by atoms with van der Waals surface area (Å²) >= 11 is 0. The first-order chi connectivity index (χ1) is 11.2. The Balaban J connectivity index is 1.89. The third kappa shape index (κ3) is 5.52. The number of ether oxygens (including phenoxy) is 3. The summed E-state index contributed by atoms with van der Waals surface area (Å²) in [4.78, 5) is 11.7. The summed E-state index contributed by atoms with van der Waals surface area (Å²) in [5.74, 6) is -0.311. The van der Waals surface area contributed by atoms with Crippen LogP contribution in [0.15, 0.2) is 18.2 Å². The van der Waals surface area contributed by atoms with Crippen molar-refractivity contribution in [3.8, 4) is 0 Å². The second-order valence-electron chi connectivity index (χ2n) is 5.72. The van der Waals surface area contributed by atoms with Crippen LogP contribution in [0.25, 0.3) is 0 Å². The molecule has 0 unspecified atom stereocenters. The fourth-order valence-electron chi connectivity index (χ4n) is 2.73. The monoisotopic (exact) mass is 321 g/mol. The van der Waals surface area contributed by atoms with E-state index >= 15 is 0 Å². The topological polar surface area (TPSA) is 56.8 Å². The maximum absolute atomic E-state index is 11.7. The molecule has 128 valence electrons. The summed E-state index contributed by atoms with van der Waals surface area (Å²) in [7, 11) is 1.40. The smallest absolute Gasteiger partial charge is 0.337 e. The van der Waals surface area contributed by atoms with Crippen LogP contribution in [-0.2, 0) is 20.6 Å². The van der Waals surface area contributed by atoms with E-state index in [1.54, 1.807) is 0 Å². The zero-order valence-corrected chi connectivity index (χ0v) is 14.1. The highest BCUT2D eigenvalue weighted by Crippen LogP contribution is 2.20. The molecule has 0 saturated carbocycles. The van der Waals surface area contributed by atoms with E-state index < -0.39 is 0 Å².